The van der Waals surface area contributed by atoms with E-state index in [1.165, 1.54) is 25.0 Å². The van der Waals surface area contributed by atoms with Crippen molar-refractivity contribution >= 4 is 134 Å². The van der Waals surface area contributed by atoms with Crippen LogP contribution < -0.4 is 21.5 Å². The Kier molecular flexibility index (Phi) is 50.7. The van der Waals surface area contributed by atoms with Gasteiger partial charge >= 0.3 is 0 Å². The third kappa shape index (κ3) is 35.0. The lowest BCUT2D eigenvalue weighted by Gasteiger charge is -2.27. The summed E-state index contributed by atoms with van der Waals surface area (Å²) in [5.41, 5.74) is 21.5. The molecule has 0 fully saturated rings. The summed E-state index contributed by atoms with van der Waals surface area (Å²) in [5, 5.41) is 37.4. The number of carbonyl (C=O) groups excluding carboxylic acids is 5. The number of carbonyl (C=O) groups is 5. The number of alkyl halides is 3. The Labute approximate surface area is 877 Å². The maximum Gasteiger partial charge on any atom is 0.298 e. The topological polar surface area (TPSA) is 318 Å². The van der Waals surface area contributed by atoms with Gasteiger partial charge in [-0.25, -0.2) is 61.3 Å². The number of hydrogen-bond donors (Lipinski definition) is 3. The molecular formula is C115H104Br3ClN20O6. The monoisotopic (exact) mass is 2130 g/mol. The van der Waals surface area contributed by atoms with E-state index in [9.17, 15) is 28.8 Å². The number of halogens is 4. The Morgan fingerprint density at radius 2 is 0.786 bits per heavy atom. The zero-order chi connectivity index (χ0) is 107. The summed E-state index contributed by atoms with van der Waals surface area (Å²) in [6.45, 7) is 72.1. The third-order valence-corrected chi connectivity index (χ3v) is 23.5. The van der Waals surface area contributed by atoms with E-state index in [1.807, 2.05) is 243 Å². The predicted molar refractivity (Wildman–Crippen MR) is 587 cm³/mol. The molecule has 30 heteroatoms. The largest absolute Gasteiger partial charge is 0.394 e. The van der Waals surface area contributed by atoms with Gasteiger partial charge in [-0.1, -0.05) is 311 Å². The lowest BCUT2D eigenvalue weighted by Crippen LogP contribution is -2.39. The number of ketones is 1. The fraction of sp³-hybridized carbons (Fsp3) is 0.183. The maximum absolute atomic E-state index is 13.7. The van der Waals surface area contributed by atoms with Gasteiger partial charge in [0.1, 0.15) is 40.8 Å². The van der Waals surface area contributed by atoms with Gasteiger partial charge in [-0.15, -0.1) is 0 Å². The Morgan fingerprint density at radius 3 is 1.10 bits per heavy atom. The summed E-state index contributed by atoms with van der Waals surface area (Å²) in [7, 11) is 0. The molecule has 0 spiro atoms. The number of rotatable bonds is 18. The summed E-state index contributed by atoms with van der Waals surface area (Å²) in [6.07, 6.45) is 7.72. The van der Waals surface area contributed by atoms with Crippen molar-refractivity contribution < 1.29 is 24.0 Å². The molecule has 9 aromatic carbocycles. The summed E-state index contributed by atoms with van der Waals surface area (Å²) >= 11 is 14.7. The van der Waals surface area contributed by atoms with Crippen molar-refractivity contribution in [2.45, 2.75) is 114 Å². The second-order valence-electron chi connectivity index (χ2n) is 31.7. The van der Waals surface area contributed by atoms with Crippen LogP contribution in [0.15, 0.2) is 336 Å². The van der Waals surface area contributed by atoms with Crippen LogP contribution in [0.25, 0.3) is 56.3 Å². The average molecular weight is 2140 g/mol. The molecule has 0 aliphatic carbocycles. The van der Waals surface area contributed by atoms with Crippen LogP contribution in [0.3, 0.4) is 0 Å². The number of imide groups is 1. The van der Waals surface area contributed by atoms with Crippen LogP contribution in [0.5, 0.6) is 0 Å². The number of hydrogen-bond acceptors (Lipinski definition) is 12. The van der Waals surface area contributed by atoms with Crippen molar-refractivity contribution in [2.24, 2.45) is 0 Å². The van der Waals surface area contributed by atoms with Crippen molar-refractivity contribution in [3.8, 4) is 35.7 Å². The average Bonchev–Trinajstić information content (AvgIpc) is 1.63. The number of nitrogens with one attached hydrogen (secondary N) is 2. The molecule has 0 aliphatic heterocycles. The van der Waals surface area contributed by atoms with Crippen molar-refractivity contribution in [2.75, 3.05) is 38.5 Å². The molecule has 5 aromatic heterocycles. The Bertz CT molecular complexity index is 7290. The van der Waals surface area contributed by atoms with Crippen molar-refractivity contribution in [1.29, 1.82) is 21.0 Å². The number of anilines is 3. The number of aromatic amines is 1. The first kappa shape index (κ1) is 118. The number of aryl methyl sites for hydroxylation is 4. The molecule has 0 bridgehead atoms. The second-order valence-corrected chi connectivity index (χ2v) is 33.7. The van der Waals surface area contributed by atoms with Crippen molar-refractivity contribution in [1.82, 2.24) is 28.2 Å². The van der Waals surface area contributed by atoms with E-state index in [0.717, 1.165) is 60.6 Å². The standard InChI is InChI=1S/C28H23N3O2.2C21H19N3O.C14H15N3.C7H5ClO.C6H4Br2N2.C6H5BrN2.C6H6N2.C3H2N2.C3H6O/c1-20-19-30(21(2)22-13-7-4-8-14-22)26(25(20)29-3)31(27(32)23-15-9-5-10-16-23)28(33)24-17-11-6-12-18-24;1-14-13-24(15(2)16-9-5-3-6-10-16)20-18(14)21(25)23-19(22-20)17-11-7-4-8-12-17;1-15-14-24(16(2)17-10-6-4-7-11-17)20(19(15)22-3)23-21(25)18-12-8-5-9-13-18;1-10-9-17(14(15)13(10)16-3)11(2)12-7-5-4-6-8-12;8-7(9)6-4-2-1-3-5-6;1-10-6(4-9)5(2-7)3-8;1-5(3-7)6(4-8)9-2;1-5(2)6(4-7)8-3;1-5-3-2-4;1-3(2)4/h4-19,21H,1-2H3;3-13,15H,1-2H3,(H,22,23,25);4-14,16H,1-2H3,(H,23,25);4-9,11H,15H2,1-2H3;1-5H;2-3H2;3H2,1H3;1-2H3;3H2;1-2H3/b;;;;;;6-5-;;;. The first-order valence-corrected chi connectivity index (χ1v) is 48.2. The highest BCUT2D eigenvalue weighted by molar-refractivity contribution is 9.10. The van der Waals surface area contributed by atoms with Crippen molar-refractivity contribution in [3.63, 3.8) is 0 Å². The lowest BCUT2D eigenvalue weighted by atomic mass is 10.1. The molecule has 26 nitrogen and oxygen atoms in total. The van der Waals surface area contributed by atoms with Gasteiger partial charge in [-0.05, 0) is 191 Å². The lowest BCUT2D eigenvalue weighted by molar-refractivity contribution is -0.115. The molecule has 145 heavy (non-hydrogen) atoms. The minimum Gasteiger partial charge on any atom is -0.394 e. The smallest absolute Gasteiger partial charge is 0.298 e. The highest BCUT2D eigenvalue weighted by atomic mass is 79.9. The van der Waals surface area contributed by atoms with Crippen LogP contribution in [0.4, 0.5) is 34.5 Å². The highest BCUT2D eigenvalue weighted by Gasteiger charge is 2.34. The summed E-state index contributed by atoms with van der Waals surface area (Å²) < 4.78 is 7.85. The van der Waals surface area contributed by atoms with Gasteiger partial charge in [0, 0.05) is 50.0 Å². The highest BCUT2D eigenvalue weighted by Crippen LogP contribution is 2.41. The number of nitrogens with two attached hydrogens (primary N) is 1. The number of nitrogens with zero attached hydrogens (tertiary/aromatic N) is 17. The maximum atomic E-state index is 13.7. The number of benzene rings is 9. The van der Waals surface area contributed by atoms with E-state index in [2.05, 4.69) is 142 Å². The summed E-state index contributed by atoms with van der Waals surface area (Å²) in [5.74, 6) is 0.957. The number of H-pyrrole nitrogens is 1. The molecule has 3 amide bonds. The van der Waals surface area contributed by atoms with Crippen LogP contribution in [0.2, 0.25) is 0 Å². The molecule has 0 radical (unpaired) electrons. The minimum atomic E-state index is -0.478. The minimum absolute atomic E-state index is 0.00136. The fourth-order valence-corrected chi connectivity index (χ4v) is 15.4. The number of allylic oxidation sites excluding steroid dienone is 6. The van der Waals surface area contributed by atoms with Crippen LogP contribution in [-0.4, -0.2) is 79.5 Å². The summed E-state index contributed by atoms with van der Waals surface area (Å²) in [6, 6.07) is 92.1. The van der Waals surface area contributed by atoms with E-state index >= 15 is 0 Å². The fourth-order valence-electron chi connectivity index (χ4n) is 13.5. The molecule has 4 N–H and O–H groups in total. The molecule has 5 heterocycles. The van der Waals surface area contributed by atoms with Gasteiger partial charge in [0.2, 0.25) is 17.1 Å². The first-order valence-electron chi connectivity index (χ1n) is 44.4. The quantitative estimate of drug-likeness (QED) is 0.0180. The molecular weight excluding hydrogens is 2030 g/mol. The zero-order valence-corrected chi connectivity index (χ0v) is 87.6. The van der Waals surface area contributed by atoms with Crippen LogP contribution in [0.1, 0.15) is 172 Å². The second kappa shape index (κ2) is 62.4. The number of Topliss-reactive ketones (excluding diaryl/α,β-unsaturated/α-hetero) is 1. The zero-order valence-electron chi connectivity index (χ0n) is 82.1. The molecule has 0 saturated heterocycles. The van der Waals surface area contributed by atoms with E-state index in [1.54, 1.807) is 124 Å². The van der Waals surface area contributed by atoms with Gasteiger partial charge in [0.05, 0.1) is 87.2 Å². The Balaban J connectivity index is 0.000000301. The van der Waals surface area contributed by atoms with Gasteiger partial charge in [0.15, 0.2) is 0 Å². The first-order chi connectivity index (χ1) is 69.7. The third-order valence-electron chi connectivity index (χ3n) is 21.1. The number of nitriles is 4. The predicted octanol–water partition coefficient (Wildman–Crippen LogP) is 28.9. The van der Waals surface area contributed by atoms with Gasteiger partial charge in [0.25, 0.3) is 52.2 Å². The Morgan fingerprint density at radius 1 is 0.448 bits per heavy atom. The normalized spacial score (nSPS) is 10.6. The van der Waals surface area contributed by atoms with Crippen LogP contribution in [0, 0.1) is 119 Å². The van der Waals surface area contributed by atoms with Gasteiger partial charge < -0.3 is 43.9 Å². The van der Waals surface area contributed by atoms with E-state index in [4.69, 9.17) is 89.4 Å². The molecule has 14 rings (SSSR count). The number of nitrogen functional groups attached to an aromatic ring is 1. The number of amides is 3. The Hall–Kier alpha value is -17.7. The van der Waals surface area contributed by atoms with Crippen LogP contribution in [-0.2, 0) is 4.79 Å². The number of fused-ring (bicyclic) bond motifs is 1. The molecule has 728 valence electrons. The summed E-state index contributed by atoms with van der Waals surface area (Å²) in [4.78, 5) is 104. The molecule has 0 aliphatic rings. The molecule has 4 unspecified atom stereocenters. The molecule has 0 saturated carbocycles. The van der Waals surface area contributed by atoms with Gasteiger partial charge in [-0.2, -0.15) is 5.26 Å². The molecule has 14 aromatic rings. The van der Waals surface area contributed by atoms with E-state index in [0.29, 0.717) is 78.0 Å². The van der Waals surface area contributed by atoms with Crippen LogP contribution >= 0.6 is 59.4 Å². The van der Waals surface area contributed by atoms with Gasteiger partial charge in [-0.3, -0.25) is 24.0 Å². The van der Waals surface area contributed by atoms with Crippen molar-refractivity contribution in [3.05, 3.63) is 489 Å². The van der Waals surface area contributed by atoms with E-state index in [-0.39, 0.29) is 76.6 Å². The molecule has 4 atom stereocenters. The number of aromatic nitrogens is 6. The van der Waals surface area contributed by atoms with E-state index < -0.39 is 17.1 Å². The SMILES string of the molecule is CC(C)=O.Cc1cn(C(C)c2ccccc2)c2nc(-c3ccccc3)[nH]c(=O)c12.O=C(Cl)c1ccccc1.[C-]#[N+]/C(C#N)=C(/C)CBr.[C-]#[N+]C(C#N)=C(C)C.[C-]#[N+]C(C#N)=C(CBr)CBr.[C-]#[N+]CC#N.[C-]#[N+]c1c(C)cn(C(C)c2ccccc2)c1N.[C-]#[N+]c1c(C)cn(C(C)c2ccccc2)c1N(C(=O)c1ccccc1)C(=O)c1ccccc1.[C-]#[N+]c1c(C)cn(C(C)c2ccccc2)c1NC(=O)c1ccccc1.